The molecular weight excluding hydrogens is 264 g/mol. The van der Waals surface area contributed by atoms with Gasteiger partial charge in [0.15, 0.2) is 0 Å². The maximum Gasteiger partial charge on any atom is 0.488 e. The van der Waals surface area contributed by atoms with Crippen LogP contribution in [-0.2, 0) is 4.74 Å². The summed E-state index contributed by atoms with van der Waals surface area (Å²) in [5.41, 5.74) is 0.342. The van der Waals surface area contributed by atoms with Gasteiger partial charge in [0.1, 0.15) is 5.60 Å². The first-order valence-corrected chi connectivity index (χ1v) is 5.87. The highest BCUT2D eigenvalue weighted by Gasteiger charge is 2.16. The average Bonchev–Trinajstić information content (AvgIpc) is 2.27. The minimum atomic E-state index is -1.51. The Kier molecular flexibility index (Phi) is 7.93. The van der Waals surface area contributed by atoms with E-state index in [0.29, 0.717) is 11.2 Å². The third-order valence-electron chi connectivity index (χ3n) is 1.85. The molecule has 0 aliphatic heterocycles. The van der Waals surface area contributed by atoms with Crippen molar-refractivity contribution in [2.75, 3.05) is 5.32 Å². The molecule has 0 aliphatic rings. The van der Waals surface area contributed by atoms with Gasteiger partial charge >= 0.3 is 20.9 Å². The maximum atomic E-state index is 11.4. The number of benzene rings is 1. The number of carbonyl (C=O) groups excluding carboxylic acids is 1. The Balaban J connectivity index is 0.00000110. The topological polar surface area (TPSA) is 119 Å². The monoisotopic (exact) mass is 283 g/mol. The van der Waals surface area contributed by atoms with Crippen LogP contribution in [0.25, 0.3) is 0 Å². The lowest BCUT2D eigenvalue weighted by Gasteiger charge is -2.19. The normalized spacial score (nSPS) is 9.95. The summed E-state index contributed by atoms with van der Waals surface area (Å²) < 4.78 is 5.07. The number of nitrogens with one attached hydrogen (secondary N) is 1. The summed E-state index contributed by atoms with van der Waals surface area (Å²) in [5.74, 6) is 0. The van der Waals surface area contributed by atoms with Crippen molar-refractivity contribution in [3.63, 3.8) is 0 Å². The second kappa shape index (κ2) is 8.59. The zero-order valence-corrected chi connectivity index (χ0v) is 11.7. The van der Waals surface area contributed by atoms with E-state index in [1.165, 1.54) is 12.1 Å². The summed E-state index contributed by atoms with van der Waals surface area (Å²) in [7, 11) is -2.26. The molecule has 1 aromatic rings. The molecule has 0 radical (unpaired) electrons. The molecule has 0 unspecified atom stereocenters. The first-order chi connectivity index (χ1) is 9.19. The number of amides is 1. The highest BCUT2D eigenvalue weighted by molar-refractivity contribution is 6.58. The standard InChI is InChI=1S/C11H16BNO4.BH3O2/c1-11(2,3)17-10(14)13-9-6-4-8(5-7-9)12(15)16;2-1-3/h4-7,15-16H,1-3H3,(H,13,14);1-3H. The number of anilines is 1. The summed E-state index contributed by atoms with van der Waals surface area (Å²) in [6, 6.07) is 6.16. The van der Waals surface area contributed by atoms with Crippen LogP contribution in [0.5, 0.6) is 0 Å². The van der Waals surface area contributed by atoms with Gasteiger partial charge in [0, 0.05) is 5.69 Å². The number of rotatable bonds is 2. The molecule has 0 saturated carbocycles. The van der Waals surface area contributed by atoms with E-state index in [-0.39, 0.29) is 0 Å². The van der Waals surface area contributed by atoms with Gasteiger partial charge in [0.25, 0.3) is 0 Å². The average molecular weight is 283 g/mol. The predicted molar refractivity (Wildman–Crippen MR) is 77.7 cm³/mol. The van der Waals surface area contributed by atoms with Crippen LogP contribution in [0.4, 0.5) is 10.5 Å². The molecule has 0 aliphatic carbocycles. The third-order valence-corrected chi connectivity index (χ3v) is 1.85. The number of ether oxygens (including phenoxy) is 1. The molecule has 1 amide bonds. The lowest BCUT2D eigenvalue weighted by atomic mass is 9.80. The van der Waals surface area contributed by atoms with E-state index in [1.807, 2.05) is 0 Å². The van der Waals surface area contributed by atoms with Crippen LogP contribution in [0.15, 0.2) is 24.3 Å². The quantitative estimate of drug-likeness (QED) is 0.442. The van der Waals surface area contributed by atoms with Crippen molar-refractivity contribution < 1.29 is 29.6 Å². The molecule has 0 saturated heterocycles. The fraction of sp³-hybridized carbons (Fsp3) is 0.364. The second-order valence-electron chi connectivity index (χ2n) is 4.76. The van der Waals surface area contributed by atoms with Crippen LogP contribution in [0, 0.1) is 0 Å². The molecule has 0 fully saturated rings. The van der Waals surface area contributed by atoms with Gasteiger partial charge < -0.3 is 24.8 Å². The molecule has 110 valence electrons. The van der Waals surface area contributed by atoms with E-state index in [4.69, 9.17) is 24.8 Å². The van der Waals surface area contributed by atoms with Gasteiger partial charge in [-0.25, -0.2) is 4.79 Å². The van der Waals surface area contributed by atoms with Crippen molar-refractivity contribution in [1.29, 1.82) is 0 Å². The number of hydrogen-bond acceptors (Lipinski definition) is 6. The Morgan fingerprint density at radius 1 is 1.20 bits per heavy atom. The summed E-state index contributed by atoms with van der Waals surface area (Å²) in [6.07, 6.45) is -0.546. The summed E-state index contributed by atoms with van der Waals surface area (Å²) in [5, 5.41) is 34.6. The zero-order chi connectivity index (χ0) is 15.8. The van der Waals surface area contributed by atoms with Gasteiger partial charge in [-0.3, -0.25) is 5.32 Å². The first-order valence-electron chi connectivity index (χ1n) is 5.87. The maximum absolute atomic E-state index is 11.4. The van der Waals surface area contributed by atoms with Gasteiger partial charge in [-0.15, -0.1) is 0 Å². The molecule has 0 spiro atoms. The van der Waals surface area contributed by atoms with Crippen LogP contribution < -0.4 is 10.8 Å². The van der Waals surface area contributed by atoms with Gasteiger partial charge in [-0.2, -0.15) is 0 Å². The molecule has 1 rings (SSSR count). The van der Waals surface area contributed by atoms with Crippen molar-refractivity contribution >= 4 is 32.0 Å². The van der Waals surface area contributed by atoms with Crippen LogP contribution in [0.2, 0.25) is 0 Å². The third kappa shape index (κ3) is 8.54. The predicted octanol–water partition coefficient (Wildman–Crippen LogP) is -1.05. The van der Waals surface area contributed by atoms with Crippen molar-refractivity contribution in [1.82, 2.24) is 0 Å². The largest absolute Gasteiger partial charge is 0.488 e. The molecule has 5 N–H and O–H groups in total. The van der Waals surface area contributed by atoms with E-state index in [0.717, 1.165) is 0 Å². The molecular formula is C11H19B2NO6. The summed E-state index contributed by atoms with van der Waals surface area (Å²) in [4.78, 5) is 11.4. The molecule has 20 heavy (non-hydrogen) atoms. The fourth-order valence-electron chi connectivity index (χ4n) is 1.16. The highest BCUT2D eigenvalue weighted by Crippen LogP contribution is 2.10. The van der Waals surface area contributed by atoms with E-state index < -0.39 is 26.5 Å². The van der Waals surface area contributed by atoms with E-state index in [1.54, 1.807) is 32.9 Å². The first kappa shape index (κ1) is 18.5. The Labute approximate surface area is 118 Å². The lowest BCUT2D eigenvalue weighted by Crippen LogP contribution is -2.30. The van der Waals surface area contributed by atoms with Crippen LogP contribution in [0.3, 0.4) is 0 Å². The van der Waals surface area contributed by atoms with Crippen LogP contribution in [0.1, 0.15) is 20.8 Å². The summed E-state index contributed by atoms with van der Waals surface area (Å²) >= 11 is 0. The molecule has 0 atom stereocenters. The Hall–Kier alpha value is -1.54. The second-order valence-corrected chi connectivity index (χ2v) is 4.76. The van der Waals surface area contributed by atoms with Gasteiger partial charge in [-0.1, -0.05) is 12.1 Å². The highest BCUT2D eigenvalue weighted by atomic mass is 16.6. The summed E-state index contributed by atoms with van der Waals surface area (Å²) in [6.45, 7) is 5.33. The number of hydrogen-bond donors (Lipinski definition) is 5. The molecule has 1 aromatic carbocycles. The van der Waals surface area contributed by atoms with Crippen LogP contribution in [-0.4, -0.2) is 46.6 Å². The van der Waals surface area contributed by atoms with E-state index in [2.05, 4.69) is 5.32 Å². The SMILES string of the molecule is CC(C)(C)OC(=O)Nc1ccc(B(O)O)cc1.OBO. The molecule has 0 heterocycles. The number of carbonyl (C=O) groups is 1. The molecule has 9 heteroatoms. The minimum absolute atomic E-state index is 0.361. The Morgan fingerprint density at radius 2 is 1.65 bits per heavy atom. The van der Waals surface area contributed by atoms with Gasteiger partial charge in [0.2, 0.25) is 0 Å². The molecule has 0 bridgehead atoms. The Morgan fingerprint density at radius 3 is 2.00 bits per heavy atom. The molecule has 7 nitrogen and oxygen atoms in total. The zero-order valence-electron chi connectivity index (χ0n) is 11.7. The van der Waals surface area contributed by atoms with Crippen molar-refractivity contribution in [3.8, 4) is 0 Å². The van der Waals surface area contributed by atoms with E-state index >= 15 is 0 Å². The smallest absolute Gasteiger partial charge is 0.444 e. The van der Waals surface area contributed by atoms with Gasteiger partial charge in [0.05, 0.1) is 0 Å². The van der Waals surface area contributed by atoms with Crippen molar-refractivity contribution in [2.24, 2.45) is 0 Å². The minimum Gasteiger partial charge on any atom is -0.444 e. The lowest BCUT2D eigenvalue weighted by molar-refractivity contribution is 0.0636. The molecule has 0 aromatic heterocycles. The van der Waals surface area contributed by atoms with Crippen LogP contribution >= 0.6 is 0 Å². The van der Waals surface area contributed by atoms with Gasteiger partial charge in [-0.05, 0) is 38.4 Å². The fourth-order valence-corrected chi connectivity index (χ4v) is 1.16. The Bertz CT molecular complexity index is 404. The van der Waals surface area contributed by atoms with Crippen molar-refractivity contribution in [3.05, 3.63) is 24.3 Å². The van der Waals surface area contributed by atoms with Crippen molar-refractivity contribution in [2.45, 2.75) is 26.4 Å². The van der Waals surface area contributed by atoms with E-state index in [9.17, 15) is 4.79 Å².